The standard InChI is InChI=1S/C27H36O5/c1-2-3-4-5-6-7-11-20-30-26(28)18-13-19-27(29)31-22-23-14-12-17-25(21-23)32-24-15-9-8-10-16-24/h8-10,12,14-17,21H,2-7,11,13,18-20,22H2,1H3. The molecule has 0 atom stereocenters. The number of esters is 2. The van der Waals surface area contributed by atoms with E-state index in [9.17, 15) is 9.59 Å². The molecule has 2 aromatic carbocycles. The fourth-order valence-corrected chi connectivity index (χ4v) is 3.25. The number of ether oxygens (including phenoxy) is 3. The Hall–Kier alpha value is -2.82. The number of hydrogen-bond acceptors (Lipinski definition) is 5. The lowest BCUT2D eigenvalue weighted by Gasteiger charge is -2.09. The van der Waals surface area contributed by atoms with Gasteiger partial charge in [0.15, 0.2) is 0 Å². The molecule has 32 heavy (non-hydrogen) atoms. The first-order valence-electron chi connectivity index (χ1n) is 11.8. The van der Waals surface area contributed by atoms with E-state index in [0.717, 1.165) is 24.2 Å². The van der Waals surface area contributed by atoms with Crippen molar-refractivity contribution in [1.82, 2.24) is 0 Å². The van der Waals surface area contributed by atoms with Gasteiger partial charge in [0.25, 0.3) is 0 Å². The first-order chi connectivity index (χ1) is 15.7. The fraction of sp³-hybridized carbons (Fsp3) is 0.481. The quantitative estimate of drug-likeness (QED) is 0.208. The van der Waals surface area contributed by atoms with Gasteiger partial charge in [0.05, 0.1) is 6.61 Å². The van der Waals surface area contributed by atoms with E-state index in [4.69, 9.17) is 14.2 Å². The minimum absolute atomic E-state index is 0.174. The normalized spacial score (nSPS) is 10.5. The Labute approximate surface area is 192 Å². The molecule has 0 aliphatic carbocycles. The van der Waals surface area contributed by atoms with Gasteiger partial charge < -0.3 is 14.2 Å². The summed E-state index contributed by atoms with van der Waals surface area (Å²) in [6.45, 7) is 2.85. The molecule has 0 saturated heterocycles. The third-order valence-corrected chi connectivity index (χ3v) is 5.05. The summed E-state index contributed by atoms with van der Waals surface area (Å²) in [4.78, 5) is 23.8. The molecule has 0 unspecified atom stereocenters. The van der Waals surface area contributed by atoms with Crippen LogP contribution in [0.2, 0.25) is 0 Å². The second-order valence-electron chi connectivity index (χ2n) is 7.92. The summed E-state index contributed by atoms with van der Waals surface area (Å²) in [5.41, 5.74) is 0.848. The zero-order valence-electron chi connectivity index (χ0n) is 19.2. The Morgan fingerprint density at radius 2 is 1.34 bits per heavy atom. The number of carbonyl (C=O) groups is 2. The number of para-hydroxylation sites is 1. The van der Waals surface area contributed by atoms with Crippen LogP contribution in [0.3, 0.4) is 0 Å². The lowest BCUT2D eigenvalue weighted by atomic mass is 10.1. The molecule has 2 aromatic rings. The molecule has 0 aromatic heterocycles. The van der Waals surface area contributed by atoms with Gasteiger partial charge in [-0.25, -0.2) is 0 Å². The number of carbonyl (C=O) groups excluding carboxylic acids is 2. The molecule has 174 valence electrons. The van der Waals surface area contributed by atoms with Gasteiger partial charge in [0.1, 0.15) is 18.1 Å². The van der Waals surface area contributed by atoms with Crippen LogP contribution in [0.4, 0.5) is 0 Å². The summed E-state index contributed by atoms with van der Waals surface area (Å²) in [7, 11) is 0. The Bertz CT molecular complexity index is 788. The molecule has 0 amide bonds. The maximum Gasteiger partial charge on any atom is 0.306 e. The molecule has 0 saturated carbocycles. The van der Waals surface area contributed by atoms with Gasteiger partial charge in [-0.1, -0.05) is 75.8 Å². The van der Waals surface area contributed by atoms with E-state index in [-0.39, 0.29) is 31.4 Å². The van der Waals surface area contributed by atoms with Crippen molar-refractivity contribution in [3.05, 3.63) is 60.2 Å². The van der Waals surface area contributed by atoms with Crippen LogP contribution in [0, 0.1) is 0 Å². The van der Waals surface area contributed by atoms with Crippen LogP contribution in [0.1, 0.15) is 76.7 Å². The Kier molecular flexibility index (Phi) is 12.6. The second kappa shape index (κ2) is 15.9. The summed E-state index contributed by atoms with van der Waals surface area (Å²) in [6.07, 6.45) is 9.19. The van der Waals surface area contributed by atoms with Crippen LogP contribution in [-0.4, -0.2) is 18.5 Å². The topological polar surface area (TPSA) is 61.8 Å². The molecule has 0 bridgehead atoms. The number of unbranched alkanes of at least 4 members (excludes halogenated alkanes) is 6. The van der Waals surface area contributed by atoms with E-state index in [0.29, 0.717) is 18.8 Å². The van der Waals surface area contributed by atoms with Crippen molar-refractivity contribution in [2.24, 2.45) is 0 Å². The minimum atomic E-state index is -0.320. The highest BCUT2D eigenvalue weighted by Gasteiger charge is 2.08. The SMILES string of the molecule is CCCCCCCCCOC(=O)CCCC(=O)OCc1cccc(Oc2ccccc2)c1. The highest BCUT2D eigenvalue weighted by molar-refractivity contribution is 5.72. The molecule has 0 radical (unpaired) electrons. The van der Waals surface area contributed by atoms with Gasteiger partial charge in [0, 0.05) is 12.8 Å². The maximum atomic E-state index is 12.0. The van der Waals surface area contributed by atoms with Gasteiger partial charge in [0.2, 0.25) is 0 Å². The van der Waals surface area contributed by atoms with Crippen molar-refractivity contribution in [3.8, 4) is 11.5 Å². The van der Waals surface area contributed by atoms with Gasteiger partial charge >= 0.3 is 11.9 Å². The van der Waals surface area contributed by atoms with Crippen LogP contribution >= 0.6 is 0 Å². The van der Waals surface area contributed by atoms with Crippen molar-refractivity contribution in [1.29, 1.82) is 0 Å². The van der Waals surface area contributed by atoms with Gasteiger partial charge in [-0.05, 0) is 42.7 Å². The molecular formula is C27H36O5. The van der Waals surface area contributed by atoms with Crippen molar-refractivity contribution in [2.75, 3.05) is 6.61 Å². The summed E-state index contributed by atoms with van der Waals surface area (Å²) < 4.78 is 16.4. The molecule has 0 aliphatic rings. The van der Waals surface area contributed by atoms with E-state index in [1.807, 2.05) is 54.6 Å². The van der Waals surface area contributed by atoms with Crippen molar-refractivity contribution >= 4 is 11.9 Å². The van der Waals surface area contributed by atoms with Gasteiger partial charge in [-0.3, -0.25) is 9.59 Å². The minimum Gasteiger partial charge on any atom is -0.466 e. The third-order valence-electron chi connectivity index (χ3n) is 5.05. The number of benzene rings is 2. The maximum absolute atomic E-state index is 12.0. The lowest BCUT2D eigenvalue weighted by Crippen LogP contribution is -2.09. The number of rotatable bonds is 16. The molecule has 2 rings (SSSR count). The molecule has 0 aliphatic heterocycles. The van der Waals surface area contributed by atoms with E-state index in [2.05, 4.69) is 6.92 Å². The predicted molar refractivity (Wildman–Crippen MR) is 126 cm³/mol. The fourth-order valence-electron chi connectivity index (χ4n) is 3.25. The van der Waals surface area contributed by atoms with Gasteiger partial charge in [-0.2, -0.15) is 0 Å². The average molecular weight is 441 g/mol. The average Bonchev–Trinajstić information content (AvgIpc) is 2.80. The second-order valence-corrected chi connectivity index (χ2v) is 7.92. The molecule has 0 spiro atoms. The van der Waals surface area contributed by atoms with E-state index in [1.54, 1.807) is 0 Å². The molecule has 5 heteroatoms. The van der Waals surface area contributed by atoms with Crippen molar-refractivity contribution < 1.29 is 23.8 Å². The summed E-state index contributed by atoms with van der Waals surface area (Å²) in [5.74, 6) is 0.878. The van der Waals surface area contributed by atoms with Crippen LogP contribution in [0.25, 0.3) is 0 Å². The highest BCUT2D eigenvalue weighted by atomic mass is 16.5. The van der Waals surface area contributed by atoms with Crippen LogP contribution in [0.15, 0.2) is 54.6 Å². The van der Waals surface area contributed by atoms with Crippen LogP contribution in [0.5, 0.6) is 11.5 Å². The zero-order chi connectivity index (χ0) is 22.9. The van der Waals surface area contributed by atoms with Crippen LogP contribution in [-0.2, 0) is 25.7 Å². The molecule has 0 N–H and O–H groups in total. The number of hydrogen-bond donors (Lipinski definition) is 0. The smallest absolute Gasteiger partial charge is 0.306 e. The third kappa shape index (κ3) is 11.5. The van der Waals surface area contributed by atoms with Crippen LogP contribution < -0.4 is 4.74 Å². The highest BCUT2D eigenvalue weighted by Crippen LogP contribution is 2.22. The molecule has 0 fully saturated rings. The summed E-state index contributed by atoms with van der Waals surface area (Å²) in [5, 5.41) is 0. The largest absolute Gasteiger partial charge is 0.466 e. The van der Waals surface area contributed by atoms with Crippen molar-refractivity contribution in [3.63, 3.8) is 0 Å². The Morgan fingerprint density at radius 3 is 2.09 bits per heavy atom. The summed E-state index contributed by atoms with van der Waals surface area (Å²) >= 11 is 0. The van der Waals surface area contributed by atoms with Crippen molar-refractivity contribution in [2.45, 2.75) is 77.7 Å². The van der Waals surface area contributed by atoms with Gasteiger partial charge in [-0.15, -0.1) is 0 Å². The predicted octanol–water partition coefficient (Wildman–Crippen LogP) is 6.99. The molecule has 5 nitrogen and oxygen atoms in total. The Balaban J connectivity index is 1.54. The monoisotopic (exact) mass is 440 g/mol. The first-order valence-corrected chi connectivity index (χ1v) is 11.8. The molecule has 0 heterocycles. The summed E-state index contributed by atoms with van der Waals surface area (Å²) in [6, 6.07) is 17.0. The van der Waals surface area contributed by atoms with E-state index < -0.39 is 0 Å². The Morgan fingerprint density at radius 1 is 0.688 bits per heavy atom. The van der Waals surface area contributed by atoms with E-state index in [1.165, 1.54) is 32.1 Å². The van der Waals surface area contributed by atoms with E-state index >= 15 is 0 Å². The zero-order valence-corrected chi connectivity index (χ0v) is 19.2. The first kappa shape index (κ1) is 25.4. The molecular weight excluding hydrogens is 404 g/mol. The lowest BCUT2D eigenvalue weighted by molar-refractivity contribution is -0.146.